The molecule has 5 heteroatoms. The van der Waals surface area contributed by atoms with Gasteiger partial charge < -0.3 is 15.1 Å². The minimum Gasteiger partial charge on any atom is -0.368 e. The average Bonchev–Trinajstić information content (AvgIpc) is 2.67. The van der Waals surface area contributed by atoms with Crippen molar-refractivity contribution in [2.45, 2.75) is 13.0 Å². The molecule has 1 aliphatic rings. The van der Waals surface area contributed by atoms with Gasteiger partial charge in [-0.15, -0.1) is 0 Å². The number of carbonyl (C=O) groups is 1. The van der Waals surface area contributed by atoms with Crippen molar-refractivity contribution < 1.29 is 9.18 Å². The van der Waals surface area contributed by atoms with Crippen molar-refractivity contribution in [1.29, 1.82) is 0 Å². The first-order valence-corrected chi connectivity index (χ1v) is 8.65. The van der Waals surface area contributed by atoms with Crippen molar-refractivity contribution in [2.24, 2.45) is 0 Å². The van der Waals surface area contributed by atoms with Gasteiger partial charge >= 0.3 is 0 Å². The second-order valence-corrected chi connectivity index (χ2v) is 6.37. The summed E-state index contributed by atoms with van der Waals surface area (Å²) in [6, 6.07) is 14.3. The van der Waals surface area contributed by atoms with Crippen LogP contribution in [0.4, 0.5) is 15.8 Å². The number of piperazine rings is 1. The molecule has 1 fully saturated rings. The van der Waals surface area contributed by atoms with Crippen LogP contribution >= 0.6 is 0 Å². The van der Waals surface area contributed by atoms with Crippen LogP contribution in [-0.2, 0) is 0 Å². The van der Waals surface area contributed by atoms with E-state index in [9.17, 15) is 9.18 Å². The van der Waals surface area contributed by atoms with E-state index in [0.717, 1.165) is 43.1 Å². The van der Waals surface area contributed by atoms with E-state index in [1.54, 1.807) is 7.05 Å². The lowest BCUT2D eigenvalue weighted by molar-refractivity contribution is 0.0955. The van der Waals surface area contributed by atoms with Gasteiger partial charge in [-0.2, -0.15) is 0 Å². The number of carbonyl (C=O) groups excluding carboxylic acids is 1. The van der Waals surface area contributed by atoms with Crippen LogP contribution in [0.2, 0.25) is 0 Å². The number of Topliss-reactive ketones (excluding diaryl/α,β-unsaturated/α-hetero) is 1. The summed E-state index contributed by atoms with van der Waals surface area (Å²) >= 11 is 0. The summed E-state index contributed by atoms with van der Waals surface area (Å²) in [6.45, 7) is 5.45. The number of hydrogen-bond acceptors (Lipinski definition) is 4. The third-order valence-corrected chi connectivity index (χ3v) is 4.81. The van der Waals surface area contributed by atoms with Crippen LogP contribution in [0.3, 0.4) is 0 Å². The van der Waals surface area contributed by atoms with Gasteiger partial charge in [-0.1, -0.05) is 0 Å². The van der Waals surface area contributed by atoms with Gasteiger partial charge in [-0.05, 0) is 62.5 Å². The topological polar surface area (TPSA) is 35.6 Å². The Morgan fingerprint density at radius 2 is 1.36 bits per heavy atom. The van der Waals surface area contributed by atoms with Crippen LogP contribution in [-0.4, -0.2) is 45.1 Å². The number of likely N-dealkylation sites (N-methyl/N-ethyl adjacent to an activating group) is 1. The molecule has 1 saturated heterocycles. The van der Waals surface area contributed by atoms with Gasteiger partial charge in [0.25, 0.3) is 0 Å². The molecule has 1 N–H and O–H groups in total. The van der Waals surface area contributed by atoms with E-state index in [1.807, 2.05) is 43.3 Å². The molecule has 25 heavy (non-hydrogen) atoms. The quantitative estimate of drug-likeness (QED) is 0.848. The molecule has 0 spiro atoms. The minimum atomic E-state index is -0.204. The van der Waals surface area contributed by atoms with Crippen LogP contribution in [0.25, 0.3) is 0 Å². The Balaban J connectivity index is 1.61. The molecule has 2 aromatic rings. The predicted octanol–water partition coefficient (Wildman–Crippen LogP) is 2.94. The highest BCUT2D eigenvalue weighted by Crippen LogP contribution is 2.21. The van der Waals surface area contributed by atoms with Gasteiger partial charge in [0.15, 0.2) is 5.78 Å². The Morgan fingerprint density at radius 3 is 1.80 bits per heavy atom. The third-order valence-electron chi connectivity index (χ3n) is 4.81. The van der Waals surface area contributed by atoms with Crippen LogP contribution in [0, 0.1) is 5.82 Å². The smallest absolute Gasteiger partial charge is 0.179 e. The van der Waals surface area contributed by atoms with Crippen LogP contribution in [0.1, 0.15) is 17.3 Å². The van der Waals surface area contributed by atoms with Crippen molar-refractivity contribution in [3.63, 3.8) is 0 Å². The van der Waals surface area contributed by atoms with Crippen molar-refractivity contribution in [3.8, 4) is 0 Å². The zero-order valence-corrected chi connectivity index (χ0v) is 14.7. The Bertz CT molecular complexity index is 707. The van der Waals surface area contributed by atoms with Crippen LogP contribution in [0.15, 0.2) is 48.5 Å². The maximum atomic E-state index is 13.0. The van der Waals surface area contributed by atoms with Gasteiger partial charge in [-0.25, -0.2) is 4.39 Å². The molecule has 1 atom stereocenters. The summed E-state index contributed by atoms with van der Waals surface area (Å²) in [5, 5.41) is 2.98. The molecule has 0 amide bonds. The number of nitrogens with one attached hydrogen (secondary N) is 1. The number of hydrogen-bond donors (Lipinski definition) is 1. The molecule has 1 heterocycles. The van der Waals surface area contributed by atoms with Gasteiger partial charge in [0, 0.05) is 43.1 Å². The molecular weight excluding hydrogens is 317 g/mol. The fourth-order valence-electron chi connectivity index (χ4n) is 3.09. The molecule has 0 radical (unpaired) electrons. The third kappa shape index (κ3) is 3.99. The van der Waals surface area contributed by atoms with E-state index >= 15 is 0 Å². The van der Waals surface area contributed by atoms with E-state index in [0.29, 0.717) is 0 Å². The number of ketones is 1. The van der Waals surface area contributed by atoms with E-state index in [1.165, 1.54) is 12.1 Å². The number of rotatable bonds is 5. The highest BCUT2D eigenvalue weighted by atomic mass is 19.1. The maximum absolute atomic E-state index is 13.0. The van der Waals surface area contributed by atoms with Crippen LogP contribution < -0.4 is 15.1 Å². The Hall–Kier alpha value is -2.40. The Kier molecular flexibility index (Phi) is 5.34. The van der Waals surface area contributed by atoms with Gasteiger partial charge in [0.2, 0.25) is 0 Å². The zero-order valence-electron chi connectivity index (χ0n) is 14.7. The van der Waals surface area contributed by atoms with E-state index in [4.69, 9.17) is 0 Å². The fraction of sp³-hybridized carbons (Fsp3) is 0.350. The molecule has 0 saturated carbocycles. The van der Waals surface area contributed by atoms with Crippen molar-refractivity contribution in [2.75, 3.05) is 43.0 Å². The van der Waals surface area contributed by atoms with E-state index in [-0.39, 0.29) is 17.6 Å². The summed E-state index contributed by atoms with van der Waals surface area (Å²) in [4.78, 5) is 16.8. The summed E-state index contributed by atoms with van der Waals surface area (Å²) in [5.74, 6) is -0.0974. The monoisotopic (exact) mass is 341 g/mol. The molecule has 132 valence electrons. The van der Waals surface area contributed by atoms with Gasteiger partial charge in [-0.3, -0.25) is 4.79 Å². The lowest BCUT2D eigenvalue weighted by Crippen LogP contribution is -2.46. The normalized spacial score (nSPS) is 16.0. The molecule has 1 unspecified atom stereocenters. The summed E-state index contributed by atoms with van der Waals surface area (Å²) in [6.07, 6.45) is 0. The largest absolute Gasteiger partial charge is 0.368 e. The first kappa shape index (κ1) is 17.4. The lowest BCUT2D eigenvalue weighted by Gasteiger charge is -2.37. The molecule has 0 aliphatic carbocycles. The fourth-order valence-corrected chi connectivity index (χ4v) is 3.09. The second kappa shape index (κ2) is 7.66. The molecule has 0 bridgehead atoms. The average molecular weight is 341 g/mol. The van der Waals surface area contributed by atoms with E-state index < -0.39 is 0 Å². The number of anilines is 2. The number of benzene rings is 2. The first-order chi connectivity index (χ1) is 12.1. The Morgan fingerprint density at radius 1 is 0.920 bits per heavy atom. The molecule has 0 aromatic heterocycles. The second-order valence-electron chi connectivity index (χ2n) is 6.37. The summed E-state index contributed by atoms with van der Waals surface area (Å²) < 4.78 is 13.0. The first-order valence-electron chi connectivity index (χ1n) is 8.65. The highest BCUT2D eigenvalue weighted by molar-refractivity contribution is 6.00. The van der Waals surface area contributed by atoms with Gasteiger partial charge in [0.05, 0.1) is 6.04 Å². The molecule has 3 rings (SSSR count). The van der Waals surface area contributed by atoms with Gasteiger partial charge in [0.1, 0.15) is 5.82 Å². The minimum absolute atomic E-state index is 0.107. The zero-order chi connectivity index (χ0) is 17.8. The van der Waals surface area contributed by atoms with Crippen molar-refractivity contribution in [3.05, 3.63) is 59.9 Å². The highest BCUT2D eigenvalue weighted by Gasteiger charge is 2.18. The van der Waals surface area contributed by atoms with Crippen molar-refractivity contribution in [1.82, 2.24) is 5.32 Å². The van der Waals surface area contributed by atoms with Crippen molar-refractivity contribution >= 4 is 17.2 Å². The molecule has 2 aromatic carbocycles. The lowest BCUT2D eigenvalue weighted by atomic mass is 10.0. The number of nitrogens with zero attached hydrogens (tertiary/aromatic N) is 2. The summed E-state index contributed by atoms with van der Waals surface area (Å²) in [5.41, 5.74) is 2.92. The SMILES string of the molecule is CNC(C)C(=O)c1ccc(N2CCN(c3ccc(F)cc3)CC2)cc1. The standard InChI is InChI=1S/C20H24FN3O/c1-15(22-2)20(25)16-3-7-18(8-4-16)23-11-13-24(14-12-23)19-9-5-17(21)6-10-19/h3-10,15,22H,11-14H2,1-2H3. The predicted molar refractivity (Wildman–Crippen MR) is 100 cm³/mol. The maximum Gasteiger partial charge on any atom is 0.179 e. The molecule has 1 aliphatic heterocycles. The molecule has 4 nitrogen and oxygen atoms in total. The summed E-state index contributed by atoms with van der Waals surface area (Å²) in [7, 11) is 1.79. The Labute approximate surface area is 148 Å². The molecular formula is C20H24FN3O. The van der Waals surface area contributed by atoms with Crippen LogP contribution in [0.5, 0.6) is 0 Å². The van der Waals surface area contributed by atoms with E-state index in [2.05, 4.69) is 15.1 Å². The number of halogens is 1.